The van der Waals surface area contributed by atoms with Crippen LogP contribution >= 0.6 is 22.6 Å². The average Bonchev–Trinajstić information content (AvgIpc) is 2.52. The zero-order valence-corrected chi connectivity index (χ0v) is 11.0. The molecule has 80 valence electrons. The molecule has 2 aromatic rings. The molecular weight excluding hydrogens is 303 g/mol. The maximum atomic E-state index is 5.61. The molecule has 1 heterocycles. The van der Waals surface area contributed by atoms with Gasteiger partial charge < -0.3 is 4.74 Å². The van der Waals surface area contributed by atoms with E-state index < -0.39 is 0 Å². The van der Waals surface area contributed by atoms with E-state index in [0.717, 1.165) is 29.8 Å². The topological polar surface area (TPSA) is 27.1 Å². The Morgan fingerprint density at radius 2 is 2.27 bits per heavy atom. The van der Waals surface area contributed by atoms with E-state index in [2.05, 4.69) is 52.8 Å². The quantitative estimate of drug-likeness (QED) is 0.814. The molecule has 0 unspecified atom stereocenters. The van der Waals surface area contributed by atoms with Gasteiger partial charge in [0.15, 0.2) is 0 Å². The van der Waals surface area contributed by atoms with Crippen LogP contribution < -0.4 is 4.74 Å². The van der Waals surface area contributed by atoms with Crippen LogP contribution in [0.2, 0.25) is 0 Å². The summed E-state index contributed by atoms with van der Waals surface area (Å²) in [7, 11) is 1.94. The second kappa shape index (κ2) is 4.38. The highest BCUT2D eigenvalue weighted by atomic mass is 127. The fourth-order valence-corrected chi connectivity index (χ4v) is 2.00. The number of aryl methyl sites for hydroxylation is 1. The van der Waals surface area contributed by atoms with Crippen molar-refractivity contribution in [2.24, 2.45) is 7.05 Å². The van der Waals surface area contributed by atoms with Gasteiger partial charge in [-0.1, -0.05) is 6.92 Å². The molecule has 0 saturated heterocycles. The lowest BCUT2D eigenvalue weighted by Gasteiger charge is -1.99. The molecule has 0 bridgehead atoms. The summed E-state index contributed by atoms with van der Waals surface area (Å²) < 4.78 is 8.67. The first-order valence-corrected chi connectivity index (χ1v) is 6.05. The number of rotatable bonds is 3. The number of aromatic nitrogens is 2. The standard InChI is InChI=1S/C11H13IN2O/c1-3-6-15-11-9-7-8(12)4-5-10(9)14(2)13-11/h4-5,7H,3,6H2,1-2H3. The van der Waals surface area contributed by atoms with Gasteiger partial charge in [-0.05, 0) is 47.2 Å². The van der Waals surface area contributed by atoms with E-state index >= 15 is 0 Å². The van der Waals surface area contributed by atoms with Crippen molar-refractivity contribution in [3.63, 3.8) is 0 Å². The Bertz CT molecular complexity index is 479. The molecule has 0 fully saturated rings. The van der Waals surface area contributed by atoms with Crippen molar-refractivity contribution >= 4 is 33.5 Å². The molecule has 0 saturated carbocycles. The molecule has 0 radical (unpaired) electrons. The van der Waals surface area contributed by atoms with Crippen LogP contribution in [-0.4, -0.2) is 16.4 Å². The molecule has 1 aromatic carbocycles. The second-order valence-corrected chi connectivity index (χ2v) is 4.68. The van der Waals surface area contributed by atoms with Crippen LogP contribution in [-0.2, 0) is 7.05 Å². The highest BCUT2D eigenvalue weighted by Gasteiger charge is 2.09. The summed E-state index contributed by atoms with van der Waals surface area (Å²) in [5.74, 6) is 0.743. The summed E-state index contributed by atoms with van der Waals surface area (Å²) in [6.07, 6.45) is 1.00. The van der Waals surface area contributed by atoms with Crippen LogP contribution in [0, 0.1) is 3.57 Å². The zero-order chi connectivity index (χ0) is 10.8. The molecule has 0 aliphatic rings. The van der Waals surface area contributed by atoms with E-state index in [0.29, 0.717) is 0 Å². The molecule has 4 heteroatoms. The van der Waals surface area contributed by atoms with Crippen LogP contribution in [0.15, 0.2) is 18.2 Å². The fraction of sp³-hybridized carbons (Fsp3) is 0.364. The summed E-state index contributed by atoms with van der Waals surface area (Å²) in [6, 6.07) is 6.25. The van der Waals surface area contributed by atoms with Crippen LogP contribution in [0.3, 0.4) is 0 Å². The van der Waals surface area contributed by atoms with E-state index in [-0.39, 0.29) is 0 Å². The molecule has 1 aromatic heterocycles. The Morgan fingerprint density at radius 1 is 1.47 bits per heavy atom. The molecule has 2 rings (SSSR count). The number of ether oxygens (including phenoxy) is 1. The first-order valence-electron chi connectivity index (χ1n) is 4.97. The van der Waals surface area contributed by atoms with Gasteiger partial charge in [-0.25, -0.2) is 0 Å². The molecule has 0 N–H and O–H groups in total. The SMILES string of the molecule is CCCOc1nn(C)c2ccc(I)cc12. The Kier molecular flexibility index (Phi) is 3.14. The van der Waals surface area contributed by atoms with E-state index in [1.807, 2.05) is 11.7 Å². The van der Waals surface area contributed by atoms with Gasteiger partial charge >= 0.3 is 0 Å². The van der Waals surface area contributed by atoms with Crippen molar-refractivity contribution in [3.05, 3.63) is 21.8 Å². The van der Waals surface area contributed by atoms with E-state index in [9.17, 15) is 0 Å². The molecule has 15 heavy (non-hydrogen) atoms. The molecular formula is C11H13IN2O. The third kappa shape index (κ3) is 2.09. The minimum Gasteiger partial charge on any atom is -0.476 e. The van der Waals surface area contributed by atoms with Crippen molar-refractivity contribution in [2.45, 2.75) is 13.3 Å². The van der Waals surface area contributed by atoms with Crippen molar-refractivity contribution in [1.82, 2.24) is 9.78 Å². The monoisotopic (exact) mass is 316 g/mol. The second-order valence-electron chi connectivity index (χ2n) is 3.44. The summed E-state index contributed by atoms with van der Waals surface area (Å²) in [5, 5.41) is 5.45. The molecule has 3 nitrogen and oxygen atoms in total. The lowest BCUT2D eigenvalue weighted by atomic mass is 10.2. The Balaban J connectivity index is 2.49. The third-order valence-electron chi connectivity index (χ3n) is 2.22. The average molecular weight is 316 g/mol. The zero-order valence-electron chi connectivity index (χ0n) is 8.83. The number of benzene rings is 1. The molecule has 0 aliphatic heterocycles. The maximum Gasteiger partial charge on any atom is 0.240 e. The van der Waals surface area contributed by atoms with Gasteiger partial charge in [0.05, 0.1) is 17.5 Å². The molecule has 0 amide bonds. The predicted octanol–water partition coefficient (Wildman–Crippen LogP) is 2.97. The van der Waals surface area contributed by atoms with Crippen molar-refractivity contribution in [1.29, 1.82) is 0 Å². The van der Waals surface area contributed by atoms with E-state index in [1.165, 1.54) is 3.57 Å². The van der Waals surface area contributed by atoms with Gasteiger partial charge in [0.25, 0.3) is 0 Å². The van der Waals surface area contributed by atoms with E-state index in [4.69, 9.17) is 4.74 Å². The molecule has 0 aliphatic carbocycles. The first kappa shape index (κ1) is 10.7. The van der Waals surface area contributed by atoms with Crippen LogP contribution in [0.5, 0.6) is 5.88 Å². The van der Waals surface area contributed by atoms with Gasteiger partial charge in [-0.2, -0.15) is 0 Å². The number of halogens is 1. The highest BCUT2D eigenvalue weighted by molar-refractivity contribution is 14.1. The number of nitrogens with zero attached hydrogens (tertiary/aromatic N) is 2. The summed E-state index contributed by atoms with van der Waals surface area (Å²) >= 11 is 2.30. The van der Waals surface area contributed by atoms with Gasteiger partial charge in [-0.3, -0.25) is 4.68 Å². The van der Waals surface area contributed by atoms with Crippen molar-refractivity contribution in [3.8, 4) is 5.88 Å². The fourth-order valence-electron chi connectivity index (χ4n) is 1.51. The van der Waals surface area contributed by atoms with Crippen LogP contribution in [0.25, 0.3) is 10.9 Å². The van der Waals surface area contributed by atoms with Crippen LogP contribution in [0.1, 0.15) is 13.3 Å². The predicted molar refractivity (Wildman–Crippen MR) is 69.2 cm³/mol. The third-order valence-corrected chi connectivity index (χ3v) is 2.89. The minimum atomic E-state index is 0.720. The smallest absolute Gasteiger partial charge is 0.240 e. The highest BCUT2D eigenvalue weighted by Crippen LogP contribution is 2.26. The number of hydrogen-bond donors (Lipinski definition) is 0. The number of fused-ring (bicyclic) bond motifs is 1. The van der Waals surface area contributed by atoms with Crippen molar-refractivity contribution < 1.29 is 4.74 Å². The lowest BCUT2D eigenvalue weighted by Crippen LogP contribution is -1.96. The Labute approximate surface area is 103 Å². The Morgan fingerprint density at radius 3 is 3.00 bits per heavy atom. The van der Waals surface area contributed by atoms with E-state index in [1.54, 1.807) is 0 Å². The first-order chi connectivity index (χ1) is 7.22. The van der Waals surface area contributed by atoms with Gasteiger partial charge in [0, 0.05) is 10.6 Å². The minimum absolute atomic E-state index is 0.720. The van der Waals surface area contributed by atoms with Gasteiger partial charge in [0.2, 0.25) is 5.88 Å². The summed E-state index contributed by atoms with van der Waals surface area (Å²) in [6.45, 7) is 2.81. The summed E-state index contributed by atoms with van der Waals surface area (Å²) in [4.78, 5) is 0. The van der Waals surface area contributed by atoms with Gasteiger partial charge in [0.1, 0.15) is 0 Å². The summed E-state index contributed by atoms with van der Waals surface area (Å²) in [5.41, 5.74) is 1.11. The number of hydrogen-bond acceptors (Lipinski definition) is 2. The normalized spacial score (nSPS) is 10.9. The van der Waals surface area contributed by atoms with Crippen LogP contribution in [0.4, 0.5) is 0 Å². The molecule has 0 atom stereocenters. The van der Waals surface area contributed by atoms with Gasteiger partial charge in [-0.15, -0.1) is 5.10 Å². The largest absolute Gasteiger partial charge is 0.476 e. The molecule has 0 spiro atoms. The maximum absolute atomic E-state index is 5.61. The lowest BCUT2D eigenvalue weighted by molar-refractivity contribution is 0.305. The van der Waals surface area contributed by atoms with Crippen molar-refractivity contribution in [2.75, 3.05) is 6.61 Å². The Hall–Kier alpha value is -0.780.